The van der Waals surface area contributed by atoms with E-state index >= 15 is 0 Å². The number of aliphatic hydroxyl groups is 1. The Morgan fingerprint density at radius 3 is 2.38 bits per heavy atom. The lowest BCUT2D eigenvalue weighted by Gasteiger charge is -2.14. The van der Waals surface area contributed by atoms with E-state index in [2.05, 4.69) is 4.72 Å². The highest BCUT2D eigenvalue weighted by Gasteiger charge is 2.23. The first kappa shape index (κ1) is 15.6. The quantitative estimate of drug-likeness (QED) is 0.850. The first-order valence-electron chi connectivity index (χ1n) is 6.00. The van der Waals surface area contributed by atoms with Gasteiger partial charge < -0.3 is 9.52 Å². The summed E-state index contributed by atoms with van der Waals surface area (Å²) in [7, 11) is -4.07. The normalized spacial score (nSPS) is 13.3. The van der Waals surface area contributed by atoms with Crippen LogP contribution in [0, 0.1) is 11.6 Å². The molecular weight excluding hydrogens is 304 g/mol. The molecule has 0 radical (unpaired) electrons. The van der Waals surface area contributed by atoms with Crippen LogP contribution in [0.25, 0.3) is 0 Å². The zero-order valence-electron chi connectivity index (χ0n) is 10.8. The topological polar surface area (TPSA) is 79.5 Å². The predicted molar refractivity (Wildman–Crippen MR) is 70.7 cm³/mol. The molecule has 2 aromatic rings. The molecule has 0 aliphatic carbocycles. The van der Waals surface area contributed by atoms with Crippen molar-refractivity contribution in [2.45, 2.75) is 11.8 Å². The van der Waals surface area contributed by atoms with Crippen LogP contribution in [0.15, 0.2) is 41.0 Å². The molecule has 8 heteroatoms. The molecular formula is C13H13F2NO4S. The second-order valence-corrected chi connectivity index (χ2v) is 6.08. The SMILES string of the molecule is O=S(=O)(Cc1c(F)cccc1F)NC(CO)c1ccco1. The number of sulfonamides is 1. The maximum atomic E-state index is 13.5. The number of furan rings is 1. The number of nitrogens with one attached hydrogen (secondary N) is 1. The molecule has 2 N–H and O–H groups in total. The monoisotopic (exact) mass is 317 g/mol. The molecule has 0 aliphatic heterocycles. The Kier molecular flexibility index (Phi) is 4.71. The molecule has 1 heterocycles. The van der Waals surface area contributed by atoms with Gasteiger partial charge in [-0.1, -0.05) is 6.07 Å². The van der Waals surface area contributed by atoms with E-state index in [9.17, 15) is 22.3 Å². The number of aliphatic hydroxyl groups excluding tert-OH is 1. The Balaban J connectivity index is 2.19. The summed E-state index contributed by atoms with van der Waals surface area (Å²) in [6.45, 7) is -0.549. The van der Waals surface area contributed by atoms with Crippen molar-refractivity contribution in [3.05, 3.63) is 59.6 Å². The van der Waals surface area contributed by atoms with Crippen LogP contribution in [-0.2, 0) is 15.8 Å². The molecule has 2 rings (SSSR count). The standard InChI is InChI=1S/C13H13F2NO4S/c14-10-3-1-4-11(15)9(10)8-21(18,19)16-12(7-17)13-5-2-6-20-13/h1-6,12,16-17H,7-8H2. The van der Waals surface area contributed by atoms with Gasteiger partial charge in [0.25, 0.3) is 0 Å². The highest BCUT2D eigenvalue weighted by atomic mass is 32.2. The fourth-order valence-electron chi connectivity index (χ4n) is 1.79. The van der Waals surface area contributed by atoms with Crippen molar-refractivity contribution >= 4 is 10.0 Å². The number of hydrogen-bond donors (Lipinski definition) is 2. The van der Waals surface area contributed by atoms with Gasteiger partial charge in [0.2, 0.25) is 10.0 Å². The minimum Gasteiger partial charge on any atom is -0.468 e. The van der Waals surface area contributed by atoms with Gasteiger partial charge in [-0.3, -0.25) is 0 Å². The lowest BCUT2D eigenvalue weighted by molar-refractivity contribution is 0.241. The zero-order valence-corrected chi connectivity index (χ0v) is 11.6. The maximum absolute atomic E-state index is 13.5. The largest absolute Gasteiger partial charge is 0.468 e. The van der Waals surface area contributed by atoms with Crippen LogP contribution in [-0.4, -0.2) is 20.1 Å². The molecule has 1 unspecified atom stereocenters. The highest BCUT2D eigenvalue weighted by Crippen LogP contribution is 2.18. The van der Waals surface area contributed by atoms with Gasteiger partial charge in [0.1, 0.15) is 23.4 Å². The predicted octanol–water partition coefficient (Wildman–Crippen LogP) is 1.71. The highest BCUT2D eigenvalue weighted by molar-refractivity contribution is 7.88. The lowest BCUT2D eigenvalue weighted by atomic mass is 10.2. The Morgan fingerprint density at radius 1 is 1.19 bits per heavy atom. The van der Waals surface area contributed by atoms with E-state index in [4.69, 9.17) is 4.42 Å². The maximum Gasteiger partial charge on any atom is 0.216 e. The molecule has 0 fully saturated rings. The summed E-state index contributed by atoms with van der Waals surface area (Å²) < 4.78 is 58.0. The Bertz CT molecular complexity index is 681. The van der Waals surface area contributed by atoms with Crippen LogP contribution in [0.4, 0.5) is 8.78 Å². The minimum absolute atomic E-state index is 0.204. The average Bonchev–Trinajstić information content (AvgIpc) is 2.94. The molecule has 1 atom stereocenters. The molecule has 1 aromatic carbocycles. The third-order valence-electron chi connectivity index (χ3n) is 2.79. The molecule has 21 heavy (non-hydrogen) atoms. The van der Waals surface area contributed by atoms with E-state index in [1.165, 1.54) is 18.4 Å². The second kappa shape index (κ2) is 6.33. The first-order chi connectivity index (χ1) is 9.93. The van der Waals surface area contributed by atoms with Gasteiger partial charge in [0, 0.05) is 5.56 Å². The molecule has 114 valence electrons. The van der Waals surface area contributed by atoms with Crippen LogP contribution in [0.1, 0.15) is 17.4 Å². The summed E-state index contributed by atoms with van der Waals surface area (Å²) in [6, 6.07) is 5.09. The van der Waals surface area contributed by atoms with E-state index in [0.717, 1.165) is 18.2 Å². The minimum atomic E-state index is -4.07. The first-order valence-corrected chi connectivity index (χ1v) is 7.65. The molecule has 0 bridgehead atoms. The van der Waals surface area contributed by atoms with Gasteiger partial charge in [-0.05, 0) is 24.3 Å². The van der Waals surface area contributed by atoms with Gasteiger partial charge in [-0.2, -0.15) is 0 Å². The van der Waals surface area contributed by atoms with Crippen molar-refractivity contribution in [1.29, 1.82) is 0 Å². The van der Waals surface area contributed by atoms with Gasteiger partial charge >= 0.3 is 0 Å². The van der Waals surface area contributed by atoms with Crippen LogP contribution in [0.5, 0.6) is 0 Å². The molecule has 0 aliphatic rings. The van der Waals surface area contributed by atoms with E-state index < -0.39 is 45.6 Å². The second-order valence-electron chi connectivity index (χ2n) is 4.33. The van der Waals surface area contributed by atoms with Crippen molar-refractivity contribution in [3.63, 3.8) is 0 Å². The lowest BCUT2D eigenvalue weighted by Crippen LogP contribution is -2.32. The van der Waals surface area contributed by atoms with Crippen LogP contribution in [0.2, 0.25) is 0 Å². The molecule has 0 saturated carbocycles. The third kappa shape index (κ3) is 3.87. The molecule has 1 aromatic heterocycles. The summed E-state index contributed by atoms with van der Waals surface area (Å²) in [5.41, 5.74) is -0.555. The number of benzene rings is 1. The van der Waals surface area contributed by atoms with Crippen LogP contribution in [0.3, 0.4) is 0 Å². The Labute approximate surface area is 120 Å². The molecule has 0 amide bonds. The van der Waals surface area contributed by atoms with Crippen molar-refractivity contribution in [2.24, 2.45) is 0 Å². The summed E-state index contributed by atoms with van der Waals surface area (Å²) in [6.07, 6.45) is 1.32. The summed E-state index contributed by atoms with van der Waals surface area (Å²) in [5.74, 6) is -2.56. The third-order valence-corrected chi connectivity index (χ3v) is 4.10. The van der Waals surface area contributed by atoms with Crippen molar-refractivity contribution < 1.29 is 26.7 Å². The molecule has 5 nitrogen and oxygen atoms in total. The van der Waals surface area contributed by atoms with Gasteiger partial charge in [0.05, 0.1) is 18.6 Å². The molecule has 0 saturated heterocycles. The number of rotatable bonds is 6. The number of hydrogen-bond acceptors (Lipinski definition) is 4. The van der Waals surface area contributed by atoms with Gasteiger partial charge in [-0.15, -0.1) is 0 Å². The summed E-state index contributed by atoms with van der Waals surface area (Å²) in [4.78, 5) is 0. The Hall–Kier alpha value is -1.77. The van der Waals surface area contributed by atoms with Crippen LogP contribution < -0.4 is 4.72 Å². The fraction of sp³-hybridized carbons (Fsp3) is 0.231. The smallest absolute Gasteiger partial charge is 0.216 e. The van der Waals surface area contributed by atoms with E-state index in [1.807, 2.05) is 0 Å². The molecule has 0 spiro atoms. The van der Waals surface area contributed by atoms with Gasteiger partial charge in [0.15, 0.2) is 0 Å². The van der Waals surface area contributed by atoms with Crippen molar-refractivity contribution in [2.75, 3.05) is 6.61 Å². The summed E-state index contributed by atoms with van der Waals surface area (Å²) in [5, 5.41) is 9.20. The number of halogens is 2. The average molecular weight is 317 g/mol. The van der Waals surface area contributed by atoms with E-state index in [1.54, 1.807) is 0 Å². The van der Waals surface area contributed by atoms with Gasteiger partial charge in [-0.25, -0.2) is 21.9 Å². The summed E-state index contributed by atoms with van der Waals surface area (Å²) >= 11 is 0. The van der Waals surface area contributed by atoms with Crippen molar-refractivity contribution in [1.82, 2.24) is 4.72 Å². The van der Waals surface area contributed by atoms with E-state index in [0.29, 0.717) is 0 Å². The van der Waals surface area contributed by atoms with E-state index in [-0.39, 0.29) is 5.76 Å². The zero-order chi connectivity index (χ0) is 15.5. The van der Waals surface area contributed by atoms with Crippen molar-refractivity contribution in [3.8, 4) is 0 Å². The van der Waals surface area contributed by atoms with Crippen LogP contribution >= 0.6 is 0 Å². The fourth-order valence-corrected chi connectivity index (χ4v) is 3.16. The Morgan fingerprint density at radius 2 is 1.86 bits per heavy atom.